The van der Waals surface area contributed by atoms with E-state index < -0.39 is 33.9 Å². The third-order valence-corrected chi connectivity index (χ3v) is 11.4. The molecular weight excluding hydrogens is 507 g/mol. The Hall–Kier alpha value is -1.91. The molecule has 1 heterocycles. The van der Waals surface area contributed by atoms with E-state index in [0.717, 1.165) is 43.1 Å². The van der Waals surface area contributed by atoms with Gasteiger partial charge in [0, 0.05) is 26.6 Å². The van der Waals surface area contributed by atoms with Gasteiger partial charge in [0.25, 0.3) is 0 Å². The van der Waals surface area contributed by atoms with Gasteiger partial charge in [0.05, 0.1) is 13.6 Å². The molecule has 1 saturated heterocycles. The summed E-state index contributed by atoms with van der Waals surface area (Å²) in [6.07, 6.45) is -1.89. The van der Waals surface area contributed by atoms with Gasteiger partial charge in [0.1, 0.15) is 0 Å². The Morgan fingerprint density at radius 2 is 1.59 bits per heavy atom. The summed E-state index contributed by atoms with van der Waals surface area (Å²) in [7, 11) is -2.79. The van der Waals surface area contributed by atoms with E-state index in [1.165, 1.54) is 10.8 Å². The van der Waals surface area contributed by atoms with Crippen LogP contribution in [0.15, 0.2) is 48.5 Å². The summed E-state index contributed by atoms with van der Waals surface area (Å²) in [4.78, 5) is 13.9. The molecule has 3 atom stereocenters. The maximum atomic E-state index is 13.3. The van der Waals surface area contributed by atoms with Crippen molar-refractivity contribution in [1.29, 1.82) is 0 Å². The van der Waals surface area contributed by atoms with E-state index in [4.69, 9.17) is 0 Å². The Balaban J connectivity index is 2.01. The molecule has 0 radical (unpaired) electrons. The molecule has 8 heteroatoms. The van der Waals surface area contributed by atoms with Crippen molar-refractivity contribution in [1.82, 2.24) is 4.90 Å². The molecule has 2 aromatic rings. The zero-order valence-electron chi connectivity index (χ0n) is 23.0. The van der Waals surface area contributed by atoms with Gasteiger partial charge in [-0.15, -0.1) is 0 Å². The molecule has 1 aliphatic heterocycles. The van der Waals surface area contributed by atoms with Crippen LogP contribution < -0.4 is 5.19 Å². The number of alkyl halides is 3. The van der Waals surface area contributed by atoms with Crippen LogP contribution in [0.25, 0.3) is 0 Å². The van der Waals surface area contributed by atoms with Crippen molar-refractivity contribution < 1.29 is 23.1 Å². The molecule has 0 amide bonds. The molecule has 0 spiro atoms. The second-order valence-electron chi connectivity index (χ2n) is 12.8. The van der Waals surface area contributed by atoms with Crippen molar-refractivity contribution in [2.75, 3.05) is 6.54 Å². The maximum absolute atomic E-state index is 13.3. The van der Waals surface area contributed by atoms with Crippen molar-refractivity contribution in [3.63, 3.8) is 0 Å². The highest BCUT2D eigenvalue weighted by Gasteiger charge is 2.37. The van der Waals surface area contributed by atoms with E-state index >= 15 is 0 Å². The van der Waals surface area contributed by atoms with Gasteiger partial charge in [-0.1, -0.05) is 86.9 Å². The molecule has 0 bridgehead atoms. The molecule has 1 fully saturated rings. The van der Waals surface area contributed by atoms with Crippen LogP contribution >= 0.6 is 0 Å². The quantitative estimate of drug-likeness (QED) is 0.323. The highest BCUT2D eigenvalue weighted by molar-refractivity contribution is 6.88. The van der Waals surface area contributed by atoms with Gasteiger partial charge in [-0.3, -0.25) is 9.69 Å². The number of aliphatic carboxylic acids is 1. The Labute approximate surface area is 222 Å². The van der Waals surface area contributed by atoms with Gasteiger partial charge in [0.2, 0.25) is 0 Å². The van der Waals surface area contributed by atoms with Crippen LogP contribution in [-0.4, -0.2) is 38.7 Å². The summed E-state index contributed by atoms with van der Waals surface area (Å²) in [6, 6.07) is 15.7. The maximum Gasteiger partial charge on any atom is 0.416 e. The number of piperidine rings is 1. The number of carboxylic acid groups (broad SMARTS) is 1. The SMILES string of the molecule is C[Si](C)(C)CC[C@H](c1ccc([Si](C)(C)C)cc1)N1CC[C@@H](CC(=O)O)C[C@H]1c1ccc(C(F)(F)F)cc1. The summed E-state index contributed by atoms with van der Waals surface area (Å²) in [5.41, 5.74) is 1.42. The van der Waals surface area contributed by atoms with Gasteiger partial charge in [-0.05, 0) is 55.0 Å². The standard InChI is InChI=1S/C29H42F3NO2Si2/c1-36(2,3)18-16-26(22-9-13-25(14-10-22)37(4,5)6)33-17-15-21(20-28(34)35)19-27(33)23-7-11-24(12-8-23)29(30,31)32/h7-14,21,26-27H,15-20H2,1-6H3,(H,34,35)/t21-,26-,27+/m1/s1. The third kappa shape index (κ3) is 8.29. The molecule has 1 aliphatic rings. The van der Waals surface area contributed by atoms with E-state index in [9.17, 15) is 23.1 Å². The van der Waals surface area contributed by atoms with Crippen molar-refractivity contribution >= 4 is 27.3 Å². The Morgan fingerprint density at radius 3 is 2.08 bits per heavy atom. The van der Waals surface area contributed by atoms with Gasteiger partial charge in [-0.2, -0.15) is 13.2 Å². The molecule has 2 aromatic carbocycles. The third-order valence-electron chi connectivity index (χ3n) is 7.57. The molecule has 3 rings (SSSR count). The number of benzene rings is 2. The largest absolute Gasteiger partial charge is 0.481 e. The summed E-state index contributed by atoms with van der Waals surface area (Å²) >= 11 is 0. The molecule has 0 aromatic heterocycles. The van der Waals surface area contributed by atoms with Crippen LogP contribution in [0.3, 0.4) is 0 Å². The van der Waals surface area contributed by atoms with E-state index in [1.54, 1.807) is 12.1 Å². The Morgan fingerprint density at radius 1 is 1.00 bits per heavy atom. The van der Waals surface area contributed by atoms with Crippen molar-refractivity contribution in [2.45, 2.75) is 89.3 Å². The average molecular weight is 550 g/mol. The van der Waals surface area contributed by atoms with Gasteiger partial charge in [-0.25, -0.2) is 0 Å². The topological polar surface area (TPSA) is 40.5 Å². The van der Waals surface area contributed by atoms with Crippen LogP contribution in [0.1, 0.15) is 54.5 Å². The minimum absolute atomic E-state index is 0.00736. The molecular formula is C29H42F3NO2Si2. The Bertz CT molecular complexity index is 1040. The first-order valence-corrected chi connectivity index (χ1v) is 20.5. The van der Waals surface area contributed by atoms with Crippen molar-refractivity contribution in [2.24, 2.45) is 5.92 Å². The minimum Gasteiger partial charge on any atom is -0.481 e. The molecule has 0 aliphatic carbocycles. The second kappa shape index (κ2) is 11.5. The summed E-state index contributed by atoms with van der Waals surface area (Å²) in [6.45, 7) is 14.8. The lowest BCUT2D eigenvalue weighted by Gasteiger charge is -2.45. The summed E-state index contributed by atoms with van der Waals surface area (Å²) < 4.78 is 39.8. The highest BCUT2D eigenvalue weighted by atomic mass is 28.3. The zero-order chi connectivity index (χ0) is 27.6. The van der Waals surface area contributed by atoms with Gasteiger partial charge in [0.15, 0.2) is 0 Å². The van der Waals surface area contributed by atoms with Crippen LogP contribution in [0.4, 0.5) is 13.2 Å². The normalized spacial score (nSPS) is 20.6. The second-order valence-corrected chi connectivity index (χ2v) is 23.5. The minimum atomic E-state index is -4.38. The number of likely N-dealkylation sites (tertiary alicyclic amines) is 1. The van der Waals surface area contributed by atoms with E-state index in [2.05, 4.69) is 68.4 Å². The van der Waals surface area contributed by atoms with E-state index in [-0.39, 0.29) is 24.4 Å². The molecule has 1 N–H and O–H groups in total. The van der Waals surface area contributed by atoms with Gasteiger partial charge < -0.3 is 5.11 Å². The Kier molecular flexibility index (Phi) is 9.18. The molecule has 204 valence electrons. The molecule has 37 heavy (non-hydrogen) atoms. The number of hydrogen-bond donors (Lipinski definition) is 1. The van der Waals surface area contributed by atoms with Crippen molar-refractivity contribution in [3.05, 3.63) is 65.2 Å². The predicted molar refractivity (Wildman–Crippen MR) is 151 cm³/mol. The van der Waals surface area contributed by atoms with Crippen LogP contribution in [0.5, 0.6) is 0 Å². The fourth-order valence-corrected chi connectivity index (χ4v) is 7.69. The average Bonchev–Trinajstić information content (AvgIpc) is 2.78. The lowest BCUT2D eigenvalue weighted by Crippen LogP contribution is -2.41. The number of halogens is 3. The van der Waals surface area contributed by atoms with Crippen LogP contribution in [-0.2, 0) is 11.0 Å². The van der Waals surface area contributed by atoms with E-state index in [0.29, 0.717) is 6.42 Å². The van der Waals surface area contributed by atoms with Gasteiger partial charge >= 0.3 is 12.1 Å². The highest BCUT2D eigenvalue weighted by Crippen LogP contribution is 2.43. The number of hydrogen-bond acceptors (Lipinski definition) is 2. The molecule has 0 unspecified atom stereocenters. The number of rotatable bonds is 9. The monoisotopic (exact) mass is 549 g/mol. The van der Waals surface area contributed by atoms with Crippen molar-refractivity contribution in [3.8, 4) is 0 Å². The molecule has 0 saturated carbocycles. The summed E-state index contributed by atoms with van der Waals surface area (Å²) in [5.74, 6) is -0.810. The first-order chi connectivity index (χ1) is 17.0. The number of carboxylic acids is 1. The fraction of sp³-hybridized carbons (Fsp3) is 0.552. The molecule has 3 nitrogen and oxygen atoms in total. The number of carbonyl (C=O) groups is 1. The first kappa shape index (κ1) is 29.6. The smallest absolute Gasteiger partial charge is 0.416 e. The zero-order valence-corrected chi connectivity index (χ0v) is 25.0. The lowest BCUT2D eigenvalue weighted by atomic mass is 9.83. The van der Waals surface area contributed by atoms with Crippen LogP contribution in [0, 0.1) is 5.92 Å². The first-order valence-electron chi connectivity index (χ1n) is 13.3. The van der Waals surface area contributed by atoms with E-state index in [1.807, 2.05) is 0 Å². The van der Waals surface area contributed by atoms with Crippen LogP contribution in [0.2, 0.25) is 45.3 Å². The fourth-order valence-electron chi connectivity index (χ4n) is 5.38. The predicted octanol–water partition coefficient (Wildman–Crippen LogP) is 7.95. The summed E-state index contributed by atoms with van der Waals surface area (Å²) in [5, 5.41) is 10.8. The lowest BCUT2D eigenvalue weighted by molar-refractivity contribution is -0.139. The number of nitrogens with zero attached hydrogens (tertiary/aromatic N) is 1.